The fraction of sp³-hybridized carbons (Fsp3) is 0.682. The van der Waals surface area contributed by atoms with E-state index in [1.807, 2.05) is 0 Å². The smallest absolute Gasteiger partial charge is 0.306 e. The van der Waals surface area contributed by atoms with Gasteiger partial charge in [-0.3, -0.25) is 14.4 Å². The minimum absolute atomic E-state index is 0.102. The van der Waals surface area contributed by atoms with E-state index in [0.717, 1.165) is 128 Å². The van der Waals surface area contributed by atoms with Crippen LogP contribution in [0.4, 0.5) is 0 Å². The minimum atomic E-state index is -0.808. The van der Waals surface area contributed by atoms with Crippen molar-refractivity contribution in [3.05, 3.63) is 109 Å². The van der Waals surface area contributed by atoms with Gasteiger partial charge >= 0.3 is 17.9 Å². The number of unbranched alkanes of at least 4 members (excludes halogenated alkanes) is 24. The second-order valence-corrected chi connectivity index (χ2v) is 19.5. The summed E-state index contributed by atoms with van der Waals surface area (Å²) in [6.45, 7) is 6.45. The number of hydrogen-bond acceptors (Lipinski definition) is 6. The molecule has 0 aliphatic heterocycles. The van der Waals surface area contributed by atoms with Crippen LogP contribution in [0.3, 0.4) is 0 Å². The summed E-state index contributed by atoms with van der Waals surface area (Å²) in [6, 6.07) is 0. The second kappa shape index (κ2) is 59.6. The lowest BCUT2D eigenvalue weighted by atomic mass is 10.1. The maximum absolute atomic E-state index is 12.9. The molecule has 0 saturated heterocycles. The quantitative estimate of drug-likeness (QED) is 0.0261. The van der Waals surface area contributed by atoms with Crippen molar-refractivity contribution in [2.24, 2.45) is 0 Å². The summed E-state index contributed by atoms with van der Waals surface area (Å²) >= 11 is 0. The van der Waals surface area contributed by atoms with Crippen LogP contribution < -0.4 is 0 Å². The zero-order valence-corrected chi connectivity index (χ0v) is 46.9. The van der Waals surface area contributed by atoms with Crippen LogP contribution in [-0.2, 0) is 28.6 Å². The highest BCUT2D eigenvalue weighted by Crippen LogP contribution is 2.14. The fourth-order valence-electron chi connectivity index (χ4n) is 8.00. The summed E-state index contributed by atoms with van der Waals surface area (Å²) in [5, 5.41) is 0. The summed E-state index contributed by atoms with van der Waals surface area (Å²) in [4.78, 5) is 38.2. The Morgan fingerprint density at radius 2 is 0.542 bits per heavy atom. The number of hydrogen-bond donors (Lipinski definition) is 0. The van der Waals surface area contributed by atoms with Gasteiger partial charge in [0.15, 0.2) is 6.10 Å². The molecule has 0 bridgehead atoms. The van der Waals surface area contributed by atoms with E-state index in [-0.39, 0.29) is 31.1 Å². The van der Waals surface area contributed by atoms with Crippen molar-refractivity contribution in [2.45, 2.75) is 277 Å². The monoisotopic (exact) mass is 999 g/mol. The molecule has 6 heteroatoms. The van der Waals surface area contributed by atoms with Gasteiger partial charge < -0.3 is 14.2 Å². The first-order valence-electron chi connectivity index (χ1n) is 29.9. The third-order valence-corrected chi connectivity index (χ3v) is 12.5. The number of allylic oxidation sites excluding steroid dienone is 18. The first-order chi connectivity index (χ1) is 35.5. The van der Waals surface area contributed by atoms with E-state index in [1.54, 1.807) is 0 Å². The third-order valence-electron chi connectivity index (χ3n) is 12.5. The molecular formula is C66H110O6. The molecule has 0 aromatic heterocycles. The minimum Gasteiger partial charge on any atom is -0.462 e. The van der Waals surface area contributed by atoms with Crippen LogP contribution in [0.2, 0.25) is 0 Å². The van der Waals surface area contributed by atoms with Crippen LogP contribution in [0.5, 0.6) is 0 Å². The Hall–Kier alpha value is -3.93. The highest BCUT2D eigenvalue weighted by molar-refractivity contribution is 5.71. The Kier molecular flexibility index (Phi) is 56.4. The van der Waals surface area contributed by atoms with E-state index in [9.17, 15) is 14.4 Å². The second-order valence-electron chi connectivity index (χ2n) is 19.5. The molecule has 0 aliphatic rings. The van der Waals surface area contributed by atoms with Crippen LogP contribution >= 0.6 is 0 Å². The molecule has 410 valence electrons. The predicted octanol–water partition coefficient (Wildman–Crippen LogP) is 20.3. The van der Waals surface area contributed by atoms with Gasteiger partial charge in [0, 0.05) is 19.3 Å². The van der Waals surface area contributed by atoms with Crippen LogP contribution in [-0.4, -0.2) is 37.2 Å². The Balaban J connectivity index is 4.44. The van der Waals surface area contributed by atoms with E-state index in [0.29, 0.717) is 19.3 Å². The average molecular weight is 1000 g/mol. The fourth-order valence-corrected chi connectivity index (χ4v) is 8.00. The van der Waals surface area contributed by atoms with Gasteiger partial charge in [0.2, 0.25) is 0 Å². The standard InChI is InChI=1S/C66H110O6/c1-4-7-10-13-16-19-22-25-28-30-31-32-33-34-35-36-39-41-44-47-50-53-56-59-65(68)71-62-63(61-70-64(67)58-55-52-49-46-43-40-37-27-24-21-18-15-12-9-6-3)72-66(69)60-57-54-51-48-45-42-38-29-26-23-20-17-14-11-8-5-2/h9,12,18,20-23,25,27,29-31,33-34,37-38,43,46,63H,4-8,10-11,13-17,19,24,26,28,32,35-36,39-42,44-45,47-62H2,1-3H3/b12-9-,21-18-,23-20-,25-22-,31-30-,34-33-,37-27-,38-29-,46-43-. The molecule has 0 N–H and O–H groups in total. The highest BCUT2D eigenvalue weighted by Gasteiger charge is 2.19. The maximum atomic E-state index is 12.9. The molecule has 6 nitrogen and oxygen atoms in total. The maximum Gasteiger partial charge on any atom is 0.306 e. The topological polar surface area (TPSA) is 78.9 Å². The molecule has 0 aliphatic carbocycles. The van der Waals surface area contributed by atoms with Crippen molar-refractivity contribution in [1.82, 2.24) is 0 Å². The molecule has 0 amide bonds. The Morgan fingerprint density at radius 3 is 0.889 bits per heavy atom. The first kappa shape index (κ1) is 68.1. The molecule has 1 unspecified atom stereocenters. The molecule has 72 heavy (non-hydrogen) atoms. The summed E-state index contributed by atoms with van der Waals surface area (Å²) in [5.41, 5.74) is 0. The molecular weight excluding hydrogens is 889 g/mol. The lowest BCUT2D eigenvalue weighted by molar-refractivity contribution is -0.167. The van der Waals surface area contributed by atoms with Crippen molar-refractivity contribution >= 4 is 17.9 Å². The summed E-state index contributed by atoms with van der Waals surface area (Å²) < 4.78 is 16.8. The molecule has 0 spiro atoms. The molecule has 0 saturated carbocycles. The predicted molar refractivity (Wildman–Crippen MR) is 311 cm³/mol. The van der Waals surface area contributed by atoms with E-state index in [1.165, 1.54) is 103 Å². The van der Waals surface area contributed by atoms with E-state index >= 15 is 0 Å². The molecule has 0 rings (SSSR count). The van der Waals surface area contributed by atoms with Gasteiger partial charge in [-0.05, 0) is 128 Å². The largest absolute Gasteiger partial charge is 0.462 e. The van der Waals surface area contributed by atoms with E-state index in [4.69, 9.17) is 14.2 Å². The number of rotatable bonds is 53. The Bertz CT molecular complexity index is 1470. The van der Waals surface area contributed by atoms with Gasteiger partial charge in [-0.15, -0.1) is 0 Å². The summed E-state index contributed by atoms with van der Waals surface area (Å²) in [6.07, 6.45) is 80.8. The van der Waals surface area contributed by atoms with E-state index in [2.05, 4.69) is 130 Å². The molecule has 0 radical (unpaired) electrons. The molecule has 1 atom stereocenters. The Morgan fingerprint density at radius 1 is 0.292 bits per heavy atom. The van der Waals surface area contributed by atoms with Crippen molar-refractivity contribution in [1.29, 1.82) is 0 Å². The van der Waals surface area contributed by atoms with Crippen molar-refractivity contribution in [3.8, 4) is 0 Å². The Labute approximate surface area is 444 Å². The zero-order chi connectivity index (χ0) is 52.2. The van der Waals surface area contributed by atoms with Gasteiger partial charge in [0.25, 0.3) is 0 Å². The van der Waals surface area contributed by atoms with Crippen molar-refractivity contribution in [2.75, 3.05) is 13.2 Å². The number of carbonyl (C=O) groups excluding carboxylic acids is 3. The van der Waals surface area contributed by atoms with Crippen molar-refractivity contribution in [3.63, 3.8) is 0 Å². The lowest BCUT2D eigenvalue weighted by Gasteiger charge is -2.18. The normalized spacial score (nSPS) is 12.9. The van der Waals surface area contributed by atoms with E-state index < -0.39 is 6.10 Å². The first-order valence-corrected chi connectivity index (χ1v) is 29.9. The number of esters is 3. The van der Waals surface area contributed by atoms with Crippen LogP contribution in [0.1, 0.15) is 271 Å². The highest BCUT2D eigenvalue weighted by atomic mass is 16.6. The summed E-state index contributed by atoms with van der Waals surface area (Å²) in [5.74, 6) is -0.964. The lowest BCUT2D eigenvalue weighted by Crippen LogP contribution is -2.30. The molecule has 0 aromatic rings. The van der Waals surface area contributed by atoms with Gasteiger partial charge in [0.1, 0.15) is 13.2 Å². The van der Waals surface area contributed by atoms with Crippen LogP contribution in [0.15, 0.2) is 109 Å². The SMILES string of the molecule is CC/C=C\C/C=C\C/C=C\C/C=C\CCCCC(=O)OCC(COC(=O)CCCCCCCCCC/C=C\C/C=C\C/C=C\CCCCCCC)OC(=O)CCCCCCC/C=C\C/C=C\CCCCCC. The molecule has 0 heterocycles. The van der Waals surface area contributed by atoms with Gasteiger partial charge in [-0.1, -0.05) is 233 Å². The van der Waals surface area contributed by atoms with Gasteiger partial charge in [-0.2, -0.15) is 0 Å². The van der Waals surface area contributed by atoms with Crippen molar-refractivity contribution < 1.29 is 28.6 Å². The number of carbonyl (C=O) groups is 3. The van der Waals surface area contributed by atoms with Crippen LogP contribution in [0, 0.1) is 0 Å². The van der Waals surface area contributed by atoms with Gasteiger partial charge in [0.05, 0.1) is 0 Å². The summed E-state index contributed by atoms with van der Waals surface area (Å²) in [7, 11) is 0. The number of ether oxygens (including phenoxy) is 3. The molecule has 0 fully saturated rings. The molecule has 0 aromatic carbocycles. The average Bonchev–Trinajstić information content (AvgIpc) is 3.38. The van der Waals surface area contributed by atoms with Crippen LogP contribution in [0.25, 0.3) is 0 Å². The third kappa shape index (κ3) is 57.0. The zero-order valence-electron chi connectivity index (χ0n) is 46.9. The van der Waals surface area contributed by atoms with Gasteiger partial charge in [-0.25, -0.2) is 0 Å².